The summed E-state index contributed by atoms with van der Waals surface area (Å²) in [5.74, 6) is -0.269. The smallest absolute Gasteiger partial charge is 0.266 e. The van der Waals surface area contributed by atoms with Crippen molar-refractivity contribution in [1.82, 2.24) is 4.90 Å². The van der Waals surface area contributed by atoms with Crippen molar-refractivity contribution in [2.24, 2.45) is 0 Å². The highest BCUT2D eigenvalue weighted by atomic mass is 32.2. The Kier molecular flexibility index (Phi) is 9.33. The highest BCUT2D eigenvalue weighted by Gasteiger charge is 2.31. The summed E-state index contributed by atoms with van der Waals surface area (Å²) >= 11 is 0. The van der Waals surface area contributed by atoms with E-state index in [1.54, 1.807) is 49.3 Å². The Bertz CT molecular complexity index is 1630. The minimum atomic E-state index is -4.05. The molecule has 224 valence electrons. The lowest BCUT2D eigenvalue weighted by Crippen LogP contribution is -2.45. The van der Waals surface area contributed by atoms with Crippen LogP contribution >= 0.6 is 0 Å². The van der Waals surface area contributed by atoms with Crippen LogP contribution in [-0.4, -0.2) is 73.1 Å². The van der Waals surface area contributed by atoms with Crippen LogP contribution in [0, 0.1) is 0 Å². The fourth-order valence-corrected chi connectivity index (χ4v) is 6.63. The summed E-state index contributed by atoms with van der Waals surface area (Å²) in [7, 11) is 1.30. The molecular weight excluding hydrogens is 558 g/mol. The van der Waals surface area contributed by atoms with Crippen LogP contribution in [0.15, 0.2) is 108 Å². The van der Waals surface area contributed by atoms with Gasteiger partial charge in [0, 0.05) is 52.5 Å². The fraction of sp³-hybridized carbons (Fsp3) is 0.265. The van der Waals surface area contributed by atoms with E-state index in [0.717, 1.165) is 49.5 Å². The Labute approximate surface area is 255 Å². The summed E-state index contributed by atoms with van der Waals surface area (Å²) in [6, 6.07) is 31.9. The van der Waals surface area contributed by atoms with E-state index in [4.69, 9.17) is 0 Å². The van der Waals surface area contributed by atoms with Gasteiger partial charge in [0.2, 0.25) is 0 Å². The molecule has 5 rings (SSSR count). The Hall–Kier alpha value is -4.34. The second-order valence-electron chi connectivity index (χ2n) is 10.8. The number of anilines is 4. The van der Waals surface area contributed by atoms with Crippen LogP contribution in [0.1, 0.15) is 15.9 Å². The number of rotatable bonds is 10. The number of benzene rings is 4. The van der Waals surface area contributed by atoms with Crippen LogP contribution in [0.2, 0.25) is 0 Å². The molecule has 43 heavy (non-hydrogen) atoms. The van der Waals surface area contributed by atoms with Gasteiger partial charge in [-0.2, -0.15) is 0 Å². The number of hydrogen-bond donors (Lipinski definition) is 1. The summed E-state index contributed by atoms with van der Waals surface area (Å²) in [5.41, 5.74) is 3.97. The number of amides is 1. The van der Waals surface area contributed by atoms with Crippen molar-refractivity contribution in [3.05, 3.63) is 114 Å². The topological polar surface area (TPSA) is 76.2 Å². The van der Waals surface area contributed by atoms with E-state index >= 15 is 0 Å². The first kappa shape index (κ1) is 30.1. The number of piperazine rings is 1. The molecule has 1 N–H and O–H groups in total. The Balaban J connectivity index is 1.62. The molecule has 1 fully saturated rings. The van der Waals surface area contributed by atoms with Crippen molar-refractivity contribution < 1.29 is 13.2 Å². The number of nitrogens with zero attached hydrogens (tertiary/aromatic N) is 4. The molecule has 0 aliphatic carbocycles. The van der Waals surface area contributed by atoms with Crippen LogP contribution in [0.3, 0.4) is 0 Å². The molecule has 0 saturated carbocycles. The third kappa shape index (κ3) is 6.84. The van der Waals surface area contributed by atoms with E-state index in [9.17, 15) is 13.2 Å². The molecule has 0 unspecified atom stereocenters. The van der Waals surface area contributed by atoms with E-state index in [1.807, 2.05) is 60.7 Å². The zero-order valence-electron chi connectivity index (χ0n) is 25.0. The molecule has 1 amide bonds. The molecular formula is C34H39N5O3S. The average molecular weight is 598 g/mol. The number of para-hydroxylation sites is 2. The second kappa shape index (κ2) is 13.3. The van der Waals surface area contributed by atoms with Crippen molar-refractivity contribution in [2.75, 3.05) is 73.3 Å². The third-order valence-corrected chi connectivity index (χ3v) is 9.78. The van der Waals surface area contributed by atoms with Crippen molar-refractivity contribution >= 4 is 38.7 Å². The van der Waals surface area contributed by atoms with E-state index in [-0.39, 0.29) is 10.8 Å². The van der Waals surface area contributed by atoms with Crippen molar-refractivity contribution in [2.45, 2.75) is 11.3 Å². The largest absolute Gasteiger partial charge is 0.384 e. The van der Waals surface area contributed by atoms with Gasteiger partial charge in [-0.25, -0.2) is 8.42 Å². The quantitative estimate of drug-likeness (QED) is 0.271. The van der Waals surface area contributed by atoms with Crippen LogP contribution in [0.4, 0.5) is 22.7 Å². The van der Waals surface area contributed by atoms with E-state index < -0.39 is 10.0 Å². The SMILES string of the molecule is CN1CCN(c2cc(NCCc3ccccc3)c(S(=O)(=O)N(C)c3ccccc3)cc2C(=O)N(C)c2ccccc2)CC1. The number of nitrogens with one attached hydrogen (secondary N) is 1. The van der Waals surface area contributed by atoms with Crippen molar-refractivity contribution in [1.29, 1.82) is 0 Å². The first-order chi connectivity index (χ1) is 20.8. The summed E-state index contributed by atoms with van der Waals surface area (Å²) in [5, 5.41) is 3.42. The van der Waals surface area contributed by atoms with Crippen LogP contribution in [0.25, 0.3) is 0 Å². The van der Waals surface area contributed by atoms with E-state index in [2.05, 4.69) is 34.3 Å². The molecule has 4 aromatic carbocycles. The van der Waals surface area contributed by atoms with Gasteiger partial charge in [-0.05, 0) is 55.4 Å². The summed E-state index contributed by atoms with van der Waals surface area (Å²) in [4.78, 5) is 20.2. The summed E-state index contributed by atoms with van der Waals surface area (Å²) in [6.07, 6.45) is 0.718. The molecule has 1 saturated heterocycles. The molecule has 0 bridgehead atoms. The van der Waals surface area contributed by atoms with Crippen LogP contribution < -0.4 is 19.4 Å². The number of likely N-dealkylation sites (N-methyl/N-ethyl adjacent to an activating group) is 1. The van der Waals surface area contributed by atoms with Gasteiger partial charge in [-0.15, -0.1) is 0 Å². The van der Waals surface area contributed by atoms with Crippen molar-refractivity contribution in [3.63, 3.8) is 0 Å². The predicted octanol–water partition coefficient (Wildman–Crippen LogP) is 5.19. The van der Waals surface area contributed by atoms with Gasteiger partial charge in [-0.3, -0.25) is 9.10 Å². The van der Waals surface area contributed by atoms with Gasteiger partial charge in [0.25, 0.3) is 15.9 Å². The Morgan fingerprint density at radius 1 is 0.791 bits per heavy atom. The number of hydrogen-bond acceptors (Lipinski definition) is 6. The zero-order chi connectivity index (χ0) is 30.4. The highest BCUT2D eigenvalue weighted by Crippen LogP contribution is 2.36. The maximum Gasteiger partial charge on any atom is 0.266 e. The molecule has 0 aromatic heterocycles. The van der Waals surface area contributed by atoms with Gasteiger partial charge in [0.15, 0.2) is 0 Å². The van der Waals surface area contributed by atoms with E-state index in [1.165, 1.54) is 4.31 Å². The maximum atomic E-state index is 14.3. The molecule has 0 spiro atoms. The normalized spacial score (nSPS) is 13.9. The fourth-order valence-electron chi connectivity index (χ4n) is 5.26. The number of sulfonamides is 1. The molecule has 8 nitrogen and oxygen atoms in total. The van der Waals surface area contributed by atoms with Gasteiger partial charge in [0.1, 0.15) is 4.90 Å². The van der Waals surface area contributed by atoms with Crippen molar-refractivity contribution in [3.8, 4) is 0 Å². The number of carbonyl (C=O) groups is 1. The zero-order valence-corrected chi connectivity index (χ0v) is 25.8. The molecule has 1 aliphatic rings. The lowest BCUT2D eigenvalue weighted by molar-refractivity contribution is 0.0993. The first-order valence-electron chi connectivity index (χ1n) is 14.5. The molecule has 4 aromatic rings. The Morgan fingerprint density at radius 2 is 1.35 bits per heavy atom. The second-order valence-corrected chi connectivity index (χ2v) is 12.8. The molecule has 0 atom stereocenters. The monoisotopic (exact) mass is 597 g/mol. The minimum absolute atomic E-state index is 0.0644. The molecule has 9 heteroatoms. The average Bonchev–Trinajstić information content (AvgIpc) is 3.05. The Morgan fingerprint density at radius 3 is 1.95 bits per heavy atom. The molecule has 0 radical (unpaired) electrons. The third-order valence-electron chi connectivity index (χ3n) is 7.95. The lowest BCUT2D eigenvalue weighted by Gasteiger charge is -2.36. The van der Waals surface area contributed by atoms with E-state index in [0.29, 0.717) is 23.5 Å². The molecule has 1 heterocycles. The van der Waals surface area contributed by atoms with Gasteiger partial charge >= 0.3 is 0 Å². The van der Waals surface area contributed by atoms with Crippen LogP contribution in [0.5, 0.6) is 0 Å². The first-order valence-corrected chi connectivity index (χ1v) is 16.0. The summed E-state index contributed by atoms with van der Waals surface area (Å²) in [6.45, 7) is 3.67. The minimum Gasteiger partial charge on any atom is -0.384 e. The highest BCUT2D eigenvalue weighted by molar-refractivity contribution is 7.93. The van der Waals surface area contributed by atoms with Crippen LogP contribution in [-0.2, 0) is 16.4 Å². The lowest BCUT2D eigenvalue weighted by atomic mass is 10.1. The standard InChI is InChI=1S/C34H39N5O3S/c1-36-21-23-39(24-22-36)32-26-31(35-20-19-27-13-7-4-8-14-27)33(43(41,42)38(3)29-17-11-6-12-18-29)25-30(32)34(40)37(2)28-15-9-5-10-16-28/h4-18,25-26,35H,19-24H2,1-3H3. The number of carbonyl (C=O) groups excluding carboxylic acids is 1. The van der Waals surface area contributed by atoms with Gasteiger partial charge in [-0.1, -0.05) is 66.7 Å². The maximum absolute atomic E-state index is 14.3. The summed E-state index contributed by atoms with van der Waals surface area (Å²) < 4.78 is 29.8. The molecule has 1 aliphatic heterocycles. The predicted molar refractivity (Wildman–Crippen MR) is 176 cm³/mol. The van der Waals surface area contributed by atoms with Gasteiger partial charge in [0.05, 0.1) is 22.6 Å². The van der Waals surface area contributed by atoms with Gasteiger partial charge < -0.3 is 20.0 Å².